The minimum atomic E-state index is -0.194. The van der Waals surface area contributed by atoms with Crippen LogP contribution in [0, 0.1) is 0 Å². The summed E-state index contributed by atoms with van der Waals surface area (Å²) in [5.41, 5.74) is 4.83. The van der Waals surface area contributed by atoms with Crippen molar-refractivity contribution in [2.24, 2.45) is 5.84 Å². The van der Waals surface area contributed by atoms with Gasteiger partial charge in [0, 0.05) is 6.04 Å². The third kappa shape index (κ3) is 1.62. The largest absolute Gasteiger partial charge is 0.469 e. The first kappa shape index (κ1) is 10.1. The molecule has 2 atom stereocenters. The van der Waals surface area contributed by atoms with Gasteiger partial charge in [-0.1, -0.05) is 24.3 Å². The first-order chi connectivity index (χ1) is 7.27. The maximum Gasteiger partial charge on any atom is 0.313 e. The standard InChI is InChI=1S/C11H14N2O2/c1-15-11(14)9-6-10(13-12)8-5-3-2-4-7(8)9/h2-5,9-10,13H,6,12H2,1H3. The predicted molar refractivity (Wildman–Crippen MR) is 55.9 cm³/mol. The third-order valence-corrected chi connectivity index (χ3v) is 2.91. The number of nitrogens with one attached hydrogen (secondary N) is 1. The Kier molecular flexibility index (Phi) is 2.70. The summed E-state index contributed by atoms with van der Waals surface area (Å²) < 4.78 is 4.78. The quantitative estimate of drug-likeness (QED) is 0.428. The first-order valence-electron chi connectivity index (χ1n) is 4.90. The molecule has 0 amide bonds. The van der Waals surface area contributed by atoms with Crippen molar-refractivity contribution in [1.29, 1.82) is 0 Å². The molecule has 2 unspecified atom stereocenters. The summed E-state index contributed by atoms with van der Waals surface area (Å²) in [4.78, 5) is 11.5. The predicted octanol–water partition coefficient (Wildman–Crippen LogP) is 0.851. The van der Waals surface area contributed by atoms with Crippen molar-refractivity contribution in [3.8, 4) is 0 Å². The Bertz CT molecular complexity index is 379. The molecule has 4 nitrogen and oxygen atoms in total. The molecule has 80 valence electrons. The lowest BCUT2D eigenvalue weighted by Gasteiger charge is -2.09. The number of nitrogens with two attached hydrogens (primary N) is 1. The first-order valence-corrected chi connectivity index (χ1v) is 4.90. The number of hydrogen-bond donors (Lipinski definition) is 2. The van der Waals surface area contributed by atoms with Crippen LogP contribution in [0.5, 0.6) is 0 Å². The van der Waals surface area contributed by atoms with Crippen LogP contribution >= 0.6 is 0 Å². The Morgan fingerprint density at radius 2 is 2.13 bits per heavy atom. The second-order valence-corrected chi connectivity index (χ2v) is 3.66. The maximum absolute atomic E-state index is 11.5. The zero-order chi connectivity index (χ0) is 10.8. The van der Waals surface area contributed by atoms with Crippen LogP contribution in [0.15, 0.2) is 24.3 Å². The molecule has 0 bridgehead atoms. The van der Waals surface area contributed by atoms with E-state index in [0.717, 1.165) is 11.1 Å². The number of esters is 1. The molecule has 1 aromatic rings. The van der Waals surface area contributed by atoms with E-state index in [9.17, 15) is 4.79 Å². The van der Waals surface area contributed by atoms with Crippen molar-refractivity contribution in [2.75, 3.05) is 7.11 Å². The molecule has 1 aliphatic rings. The molecule has 4 heteroatoms. The zero-order valence-corrected chi connectivity index (χ0v) is 8.57. The van der Waals surface area contributed by atoms with Crippen LogP contribution < -0.4 is 11.3 Å². The molecule has 15 heavy (non-hydrogen) atoms. The molecule has 2 rings (SSSR count). The molecule has 3 N–H and O–H groups in total. The number of carbonyl (C=O) groups is 1. The van der Waals surface area contributed by atoms with Gasteiger partial charge in [0.15, 0.2) is 0 Å². The van der Waals surface area contributed by atoms with Gasteiger partial charge in [0.2, 0.25) is 0 Å². The van der Waals surface area contributed by atoms with Gasteiger partial charge < -0.3 is 4.74 Å². The van der Waals surface area contributed by atoms with Gasteiger partial charge in [-0.3, -0.25) is 16.1 Å². The molecule has 1 aliphatic carbocycles. The van der Waals surface area contributed by atoms with Gasteiger partial charge in [0.25, 0.3) is 0 Å². The van der Waals surface area contributed by atoms with Crippen molar-refractivity contribution < 1.29 is 9.53 Å². The van der Waals surface area contributed by atoms with Gasteiger partial charge in [-0.15, -0.1) is 0 Å². The summed E-state index contributed by atoms with van der Waals surface area (Å²) in [6, 6.07) is 7.86. The van der Waals surface area contributed by atoms with Gasteiger partial charge >= 0.3 is 5.97 Å². The number of hydrazine groups is 1. The lowest BCUT2D eigenvalue weighted by atomic mass is 10.0. The normalized spacial score (nSPS) is 23.6. The van der Waals surface area contributed by atoms with Crippen LogP contribution in [0.3, 0.4) is 0 Å². The number of fused-ring (bicyclic) bond motifs is 1. The molecule has 0 saturated heterocycles. The highest BCUT2D eigenvalue weighted by molar-refractivity contribution is 5.80. The van der Waals surface area contributed by atoms with E-state index in [0.29, 0.717) is 6.42 Å². The van der Waals surface area contributed by atoms with E-state index in [2.05, 4.69) is 5.43 Å². The fourth-order valence-corrected chi connectivity index (χ4v) is 2.16. The van der Waals surface area contributed by atoms with Gasteiger partial charge in [0.05, 0.1) is 13.0 Å². The van der Waals surface area contributed by atoms with E-state index in [-0.39, 0.29) is 17.9 Å². The molecule has 0 fully saturated rings. The molecule has 0 heterocycles. The topological polar surface area (TPSA) is 64.3 Å². The van der Waals surface area contributed by atoms with Gasteiger partial charge in [-0.05, 0) is 17.5 Å². The molecular formula is C11H14N2O2. The number of ether oxygens (including phenoxy) is 1. The van der Waals surface area contributed by atoms with Crippen LogP contribution in [0.4, 0.5) is 0 Å². The minimum Gasteiger partial charge on any atom is -0.469 e. The average Bonchev–Trinajstić information content (AvgIpc) is 2.67. The van der Waals surface area contributed by atoms with E-state index in [4.69, 9.17) is 10.6 Å². The summed E-state index contributed by atoms with van der Waals surface area (Å²) in [5, 5.41) is 0. The highest BCUT2D eigenvalue weighted by atomic mass is 16.5. The average molecular weight is 206 g/mol. The summed E-state index contributed by atoms with van der Waals surface area (Å²) in [7, 11) is 1.41. The fourth-order valence-electron chi connectivity index (χ4n) is 2.16. The van der Waals surface area contributed by atoms with E-state index in [1.807, 2.05) is 24.3 Å². The van der Waals surface area contributed by atoms with Crippen LogP contribution in [0.25, 0.3) is 0 Å². The third-order valence-electron chi connectivity index (χ3n) is 2.91. The van der Waals surface area contributed by atoms with Crippen LogP contribution in [0.1, 0.15) is 29.5 Å². The number of methoxy groups -OCH3 is 1. The molecule has 0 aromatic heterocycles. The zero-order valence-electron chi connectivity index (χ0n) is 8.57. The van der Waals surface area contributed by atoms with E-state index < -0.39 is 0 Å². The molecule has 0 aliphatic heterocycles. The number of benzene rings is 1. The van der Waals surface area contributed by atoms with Gasteiger partial charge in [0.1, 0.15) is 0 Å². The van der Waals surface area contributed by atoms with Gasteiger partial charge in [-0.2, -0.15) is 0 Å². The Balaban J connectivity index is 2.37. The van der Waals surface area contributed by atoms with Crippen LogP contribution in [-0.4, -0.2) is 13.1 Å². The SMILES string of the molecule is COC(=O)C1CC(NN)c2ccccc21. The van der Waals surface area contributed by atoms with Crippen LogP contribution in [0.2, 0.25) is 0 Å². The molecule has 0 spiro atoms. The van der Waals surface area contributed by atoms with E-state index in [1.165, 1.54) is 7.11 Å². The van der Waals surface area contributed by atoms with Crippen molar-refractivity contribution in [2.45, 2.75) is 18.4 Å². The van der Waals surface area contributed by atoms with Gasteiger partial charge in [-0.25, -0.2) is 0 Å². The van der Waals surface area contributed by atoms with Crippen molar-refractivity contribution >= 4 is 5.97 Å². The molecule has 0 radical (unpaired) electrons. The molecule has 1 aromatic carbocycles. The smallest absolute Gasteiger partial charge is 0.313 e. The second-order valence-electron chi connectivity index (χ2n) is 3.66. The monoisotopic (exact) mass is 206 g/mol. The summed E-state index contributed by atoms with van der Waals surface area (Å²) >= 11 is 0. The minimum absolute atomic E-state index is 0.0466. The molecular weight excluding hydrogens is 192 g/mol. The van der Waals surface area contributed by atoms with E-state index >= 15 is 0 Å². The fraction of sp³-hybridized carbons (Fsp3) is 0.364. The summed E-state index contributed by atoms with van der Waals surface area (Å²) in [6.07, 6.45) is 0.669. The molecule has 0 saturated carbocycles. The Hall–Kier alpha value is -1.39. The Morgan fingerprint density at radius 1 is 1.47 bits per heavy atom. The highest BCUT2D eigenvalue weighted by Crippen LogP contribution is 2.40. The van der Waals surface area contributed by atoms with Crippen LogP contribution in [-0.2, 0) is 9.53 Å². The summed E-state index contributed by atoms with van der Waals surface area (Å²) in [6.45, 7) is 0. The highest BCUT2D eigenvalue weighted by Gasteiger charge is 2.35. The van der Waals surface area contributed by atoms with Crippen molar-refractivity contribution in [3.63, 3.8) is 0 Å². The number of rotatable bonds is 2. The van der Waals surface area contributed by atoms with E-state index in [1.54, 1.807) is 0 Å². The Labute approximate surface area is 88.4 Å². The summed E-state index contributed by atoms with van der Waals surface area (Å²) in [5.74, 6) is 5.07. The van der Waals surface area contributed by atoms with Crippen molar-refractivity contribution in [1.82, 2.24) is 5.43 Å². The second kappa shape index (κ2) is 4.00. The Morgan fingerprint density at radius 3 is 2.73 bits per heavy atom. The number of carbonyl (C=O) groups excluding carboxylic acids is 1. The maximum atomic E-state index is 11.5. The lowest BCUT2D eigenvalue weighted by Crippen LogP contribution is -2.26. The lowest BCUT2D eigenvalue weighted by molar-refractivity contribution is -0.142. The van der Waals surface area contributed by atoms with Crippen molar-refractivity contribution in [3.05, 3.63) is 35.4 Å². The number of hydrogen-bond acceptors (Lipinski definition) is 4.